The summed E-state index contributed by atoms with van der Waals surface area (Å²) in [6.45, 7) is 31.9. The molecule has 336 valence electrons. The molecule has 4 aromatic carbocycles. The molecule has 0 spiro atoms. The van der Waals surface area contributed by atoms with Crippen molar-refractivity contribution in [3.05, 3.63) is 121 Å². The van der Waals surface area contributed by atoms with E-state index in [-0.39, 0.29) is 23.0 Å². The molecule has 5 nitrogen and oxygen atoms in total. The lowest BCUT2D eigenvalue weighted by atomic mass is 9.64. The molecule has 0 fully saturated rings. The van der Waals surface area contributed by atoms with Crippen molar-refractivity contribution in [1.82, 2.24) is 0 Å². The van der Waals surface area contributed by atoms with E-state index in [1.54, 1.807) is 0 Å². The van der Waals surface area contributed by atoms with Crippen molar-refractivity contribution in [2.24, 2.45) is 10.8 Å². The molecule has 0 aliphatic heterocycles. The Balaban J connectivity index is 1.24. The van der Waals surface area contributed by atoms with E-state index >= 15 is 0 Å². The minimum absolute atomic E-state index is 0.226. The Labute approximate surface area is 385 Å². The zero-order valence-electron chi connectivity index (χ0n) is 40.1. The fraction of sp³-hybridized carbons (Fsp3) is 0.446. The van der Waals surface area contributed by atoms with Gasteiger partial charge in [0.2, 0.25) is 0 Å². The molecule has 6 rings (SSSR count). The van der Waals surface area contributed by atoms with E-state index in [0.29, 0.717) is 19.3 Å². The summed E-state index contributed by atoms with van der Waals surface area (Å²) in [6.07, 6.45) is 4.70. The van der Waals surface area contributed by atoms with Crippen molar-refractivity contribution < 1.29 is 23.7 Å². The standard InChI is InChI=1S/C56H70O5S2/c1-15-38-22-18-20-24-44(38)48-30-40-26-28-42(32-46(40)62-48)59-55(11,12)35-52(5,6)51(58-37(4)34-54(9,10)61-50(57)17-3)53(7,8)36-56(13,14)60-43-29-27-41-31-49(63-47(41)33-43)45-25-21-19-23-39(45)16-2/h17-33,37,51H,3,15-16,34-36H2,1-2,4-14H3. The second-order valence-electron chi connectivity index (χ2n) is 20.6. The Hall–Kier alpha value is -4.43. The normalized spacial score (nSPS) is 13.4. The molecule has 2 heterocycles. The van der Waals surface area contributed by atoms with Crippen LogP contribution in [0.4, 0.5) is 0 Å². The highest BCUT2D eigenvalue weighted by Crippen LogP contribution is 2.48. The first-order chi connectivity index (χ1) is 29.5. The van der Waals surface area contributed by atoms with Crippen LogP contribution in [0.25, 0.3) is 41.1 Å². The number of hydrogen-bond acceptors (Lipinski definition) is 7. The minimum atomic E-state index is -0.744. The quantitative estimate of drug-likeness (QED) is 0.0565. The third kappa shape index (κ3) is 12.0. The highest BCUT2D eigenvalue weighted by molar-refractivity contribution is 7.22. The highest BCUT2D eigenvalue weighted by Gasteiger charge is 2.48. The molecule has 63 heavy (non-hydrogen) atoms. The lowest BCUT2D eigenvalue weighted by Gasteiger charge is -2.50. The van der Waals surface area contributed by atoms with E-state index < -0.39 is 22.8 Å². The van der Waals surface area contributed by atoms with Crippen LogP contribution in [0.3, 0.4) is 0 Å². The van der Waals surface area contributed by atoms with Gasteiger partial charge in [0.15, 0.2) is 0 Å². The molecule has 0 aliphatic rings. The lowest BCUT2D eigenvalue weighted by Crippen LogP contribution is -2.52. The van der Waals surface area contributed by atoms with Crippen LogP contribution in [-0.4, -0.2) is 35.0 Å². The number of benzene rings is 4. The van der Waals surface area contributed by atoms with Crippen molar-refractivity contribution in [2.45, 2.75) is 151 Å². The molecule has 0 N–H and O–H groups in total. The van der Waals surface area contributed by atoms with Gasteiger partial charge in [-0.3, -0.25) is 0 Å². The maximum Gasteiger partial charge on any atom is 0.330 e. The van der Waals surface area contributed by atoms with Crippen molar-refractivity contribution in [2.75, 3.05) is 0 Å². The van der Waals surface area contributed by atoms with Gasteiger partial charge in [0.05, 0.1) is 12.2 Å². The van der Waals surface area contributed by atoms with E-state index in [4.69, 9.17) is 18.9 Å². The van der Waals surface area contributed by atoms with E-state index in [9.17, 15) is 4.79 Å². The molecule has 0 aliphatic carbocycles. The van der Waals surface area contributed by atoms with Gasteiger partial charge in [0.25, 0.3) is 0 Å². The number of esters is 1. The first-order valence-corrected chi connectivity index (χ1v) is 24.3. The van der Waals surface area contributed by atoms with Gasteiger partial charge in [-0.15, -0.1) is 22.7 Å². The van der Waals surface area contributed by atoms with Crippen LogP contribution in [0.15, 0.2) is 110 Å². The van der Waals surface area contributed by atoms with Gasteiger partial charge in [-0.2, -0.15) is 0 Å². The van der Waals surface area contributed by atoms with E-state index in [2.05, 4.69) is 180 Å². The average Bonchev–Trinajstić information content (AvgIpc) is 3.82. The number of aryl methyl sites for hydroxylation is 2. The minimum Gasteiger partial charge on any atom is -0.488 e. The van der Waals surface area contributed by atoms with Crippen molar-refractivity contribution >= 4 is 48.8 Å². The predicted octanol–water partition coefficient (Wildman–Crippen LogP) is 16.1. The first-order valence-electron chi connectivity index (χ1n) is 22.7. The third-order valence-corrected chi connectivity index (χ3v) is 14.2. The SMILES string of the molecule is C=CC(=O)OC(C)(C)CC(C)OC(C(C)(C)CC(C)(C)Oc1ccc2cc(-c3ccccc3CC)sc2c1)C(C)(C)CC(C)(C)Oc1ccc2cc(-c3ccccc3CC)sc2c1. The Morgan fingerprint density at radius 3 is 1.46 bits per heavy atom. The lowest BCUT2D eigenvalue weighted by molar-refractivity contribution is -0.172. The molecule has 1 unspecified atom stereocenters. The molecule has 0 saturated carbocycles. The van der Waals surface area contributed by atoms with Crippen LogP contribution in [-0.2, 0) is 27.1 Å². The van der Waals surface area contributed by atoms with Gasteiger partial charge in [0, 0.05) is 31.7 Å². The molecule has 0 amide bonds. The largest absolute Gasteiger partial charge is 0.488 e. The third-order valence-electron chi connectivity index (χ3n) is 12.0. The van der Waals surface area contributed by atoms with Crippen LogP contribution < -0.4 is 9.47 Å². The molecule has 7 heteroatoms. The molecule has 0 bridgehead atoms. The van der Waals surface area contributed by atoms with E-state index in [0.717, 1.165) is 24.3 Å². The summed E-state index contributed by atoms with van der Waals surface area (Å²) in [5.41, 5.74) is 2.76. The van der Waals surface area contributed by atoms with Gasteiger partial charge in [-0.25, -0.2) is 4.79 Å². The first kappa shape index (κ1) is 48.0. The number of carbonyl (C=O) groups is 1. The van der Waals surface area contributed by atoms with Crippen LogP contribution in [0.1, 0.15) is 120 Å². The summed E-state index contributed by atoms with van der Waals surface area (Å²) in [4.78, 5) is 14.8. The average molecular weight is 887 g/mol. The Morgan fingerprint density at radius 2 is 1.05 bits per heavy atom. The fourth-order valence-electron chi connectivity index (χ4n) is 10.4. The smallest absolute Gasteiger partial charge is 0.330 e. The number of carbonyl (C=O) groups excluding carboxylic acids is 1. The Kier molecular flexibility index (Phi) is 14.5. The number of rotatable bonds is 20. The summed E-state index contributed by atoms with van der Waals surface area (Å²) >= 11 is 3.63. The van der Waals surface area contributed by atoms with Gasteiger partial charge >= 0.3 is 5.97 Å². The van der Waals surface area contributed by atoms with Crippen LogP contribution in [0.2, 0.25) is 0 Å². The second kappa shape index (κ2) is 19.0. The molecule has 0 saturated heterocycles. The number of fused-ring (bicyclic) bond motifs is 2. The van der Waals surface area contributed by atoms with Crippen molar-refractivity contribution in [3.8, 4) is 32.4 Å². The Morgan fingerprint density at radius 1 is 0.619 bits per heavy atom. The summed E-state index contributed by atoms with van der Waals surface area (Å²) in [7, 11) is 0. The molecule has 0 radical (unpaired) electrons. The van der Waals surface area contributed by atoms with Gasteiger partial charge in [-0.05, 0) is 167 Å². The number of hydrogen-bond donors (Lipinski definition) is 0. The van der Waals surface area contributed by atoms with Gasteiger partial charge in [0.1, 0.15) is 28.3 Å². The fourth-order valence-corrected chi connectivity index (χ4v) is 12.7. The number of thiophene rings is 2. The second-order valence-corrected chi connectivity index (χ2v) is 22.8. The zero-order chi connectivity index (χ0) is 46.0. The molecular formula is C56H70O5S2. The van der Waals surface area contributed by atoms with Crippen molar-refractivity contribution in [3.63, 3.8) is 0 Å². The van der Waals surface area contributed by atoms with E-state index in [1.165, 1.54) is 58.3 Å². The number of ether oxygens (including phenoxy) is 4. The Bertz CT molecular complexity index is 2380. The van der Waals surface area contributed by atoms with Crippen LogP contribution >= 0.6 is 22.7 Å². The molecule has 6 aromatic rings. The topological polar surface area (TPSA) is 54.0 Å². The monoisotopic (exact) mass is 886 g/mol. The molecular weight excluding hydrogens is 817 g/mol. The summed E-state index contributed by atoms with van der Waals surface area (Å²) in [5.74, 6) is 1.28. The van der Waals surface area contributed by atoms with Gasteiger partial charge < -0.3 is 18.9 Å². The van der Waals surface area contributed by atoms with E-state index in [1.807, 2.05) is 36.5 Å². The maximum atomic E-state index is 12.3. The molecule has 1 atom stereocenters. The zero-order valence-corrected chi connectivity index (χ0v) is 41.7. The summed E-state index contributed by atoms with van der Waals surface area (Å²) < 4.78 is 29.3. The highest BCUT2D eigenvalue weighted by atomic mass is 32.1. The molecule has 2 aromatic heterocycles. The maximum absolute atomic E-state index is 12.3. The summed E-state index contributed by atoms with van der Waals surface area (Å²) in [6, 6.07) is 34.9. The summed E-state index contributed by atoms with van der Waals surface area (Å²) in [5, 5.41) is 2.44. The van der Waals surface area contributed by atoms with Gasteiger partial charge in [-0.1, -0.05) is 96.7 Å². The van der Waals surface area contributed by atoms with Crippen LogP contribution in [0.5, 0.6) is 11.5 Å². The van der Waals surface area contributed by atoms with Crippen molar-refractivity contribution in [1.29, 1.82) is 0 Å². The van der Waals surface area contributed by atoms with Crippen LogP contribution in [0, 0.1) is 10.8 Å². The predicted molar refractivity (Wildman–Crippen MR) is 269 cm³/mol.